The molecule has 0 amide bonds. The number of carbonyl (C=O) groups excluding carboxylic acids is 1. The van der Waals surface area contributed by atoms with Crippen LogP contribution in [-0.2, 0) is 9.53 Å². The topological polar surface area (TPSA) is 86.3 Å². The average molecular weight is 633 g/mol. The van der Waals surface area contributed by atoms with Gasteiger partial charge < -0.3 is 10.1 Å². The van der Waals surface area contributed by atoms with Crippen molar-refractivity contribution in [2.45, 2.75) is 38.6 Å². The Kier molecular flexibility index (Phi) is 6.59. The zero-order valence-corrected chi connectivity index (χ0v) is 23.2. The zero-order chi connectivity index (χ0) is 25.7. The largest absolute Gasteiger partial charge is 0.466 e. The highest BCUT2D eigenvalue weighted by molar-refractivity contribution is 14.2. The number of esters is 1. The third-order valence-electron chi connectivity index (χ3n) is 7.72. The molecule has 3 aliphatic carbocycles. The summed E-state index contributed by atoms with van der Waals surface area (Å²) >= 11 is 2.17. The lowest BCUT2D eigenvalue weighted by molar-refractivity contribution is -0.154. The lowest BCUT2D eigenvalue weighted by Crippen LogP contribution is -2.52. The average Bonchev–Trinajstić information content (AvgIpc) is 3.50. The van der Waals surface area contributed by atoms with Crippen molar-refractivity contribution in [1.29, 1.82) is 0 Å². The van der Waals surface area contributed by atoms with Gasteiger partial charge in [-0.15, -0.1) is 5.10 Å². The number of hydrogen-bond acceptors (Lipinski definition) is 7. The summed E-state index contributed by atoms with van der Waals surface area (Å²) in [6, 6.07) is 5.27. The molecule has 0 aliphatic heterocycles. The van der Waals surface area contributed by atoms with E-state index in [0.717, 1.165) is 36.9 Å². The fraction of sp³-hybridized carbons (Fsp3) is 0.385. The number of rotatable bonds is 7. The molecule has 2 atom stereocenters. The molecule has 0 saturated heterocycles. The van der Waals surface area contributed by atoms with Crippen LogP contribution in [-0.4, -0.2) is 42.2 Å². The van der Waals surface area contributed by atoms with Crippen molar-refractivity contribution in [3.8, 4) is 11.4 Å². The maximum Gasteiger partial charge on any atom is 0.311 e. The van der Waals surface area contributed by atoms with Gasteiger partial charge in [0.15, 0.2) is 17.3 Å². The van der Waals surface area contributed by atoms with Gasteiger partial charge >= 0.3 is 5.97 Å². The molecule has 2 bridgehead atoms. The van der Waals surface area contributed by atoms with Crippen molar-refractivity contribution in [3.63, 3.8) is 0 Å². The summed E-state index contributed by atoms with van der Waals surface area (Å²) < 4.78 is 23.4. The lowest BCUT2D eigenvalue weighted by atomic mass is 9.61. The summed E-state index contributed by atoms with van der Waals surface area (Å²) in [5.74, 6) is 0.972. The Morgan fingerprint density at radius 2 is 2.11 bits per heavy atom. The number of halogens is 2. The first-order chi connectivity index (χ1) is 18.0. The van der Waals surface area contributed by atoms with Crippen LogP contribution in [0.5, 0.6) is 0 Å². The van der Waals surface area contributed by atoms with Gasteiger partial charge in [-0.1, -0.05) is 6.58 Å². The number of aromatic nitrogens is 5. The highest BCUT2D eigenvalue weighted by Gasteiger charge is 2.48. The van der Waals surface area contributed by atoms with Crippen LogP contribution in [0, 0.1) is 23.6 Å². The van der Waals surface area contributed by atoms with E-state index in [1.807, 2.05) is 29.2 Å². The molecule has 7 rings (SSSR count). The number of carbonyl (C=O) groups is 1. The summed E-state index contributed by atoms with van der Waals surface area (Å²) in [6.45, 7) is 6.15. The van der Waals surface area contributed by atoms with Crippen LogP contribution in [0.15, 0.2) is 37.2 Å². The Balaban J connectivity index is 1.50. The van der Waals surface area contributed by atoms with Gasteiger partial charge in [0.05, 0.1) is 24.4 Å². The molecule has 4 aromatic heterocycles. The molecule has 0 radical (unpaired) electrons. The van der Waals surface area contributed by atoms with E-state index in [0.29, 0.717) is 46.7 Å². The monoisotopic (exact) mass is 632 g/mol. The summed E-state index contributed by atoms with van der Waals surface area (Å²) in [6.07, 6.45) is 9.08. The SMILES string of the molecule is C=Cc1ccc2c(N[C@H]3[C@H]4CC[C@H](CC4)[C@@H]3C(=O)OCC)nc(-c3cn(SI)c4ncc(F)cc34)nn12. The molecule has 0 spiro atoms. The summed E-state index contributed by atoms with van der Waals surface area (Å²) in [4.78, 5) is 22.3. The van der Waals surface area contributed by atoms with Crippen LogP contribution < -0.4 is 5.32 Å². The molecule has 0 unspecified atom stereocenters. The van der Waals surface area contributed by atoms with Crippen LogP contribution in [0.4, 0.5) is 10.2 Å². The van der Waals surface area contributed by atoms with Crippen molar-refractivity contribution in [1.82, 2.24) is 23.6 Å². The molecular weight excluding hydrogens is 606 g/mol. The van der Waals surface area contributed by atoms with Crippen molar-refractivity contribution in [2.75, 3.05) is 11.9 Å². The van der Waals surface area contributed by atoms with Gasteiger partial charge in [-0.3, -0.25) is 8.77 Å². The minimum atomic E-state index is -0.423. The minimum absolute atomic E-state index is 0.0782. The van der Waals surface area contributed by atoms with Gasteiger partial charge in [0, 0.05) is 53.5 Å². The fourth-order valence-electron chi connectivity index (χ4n) is 6.07. The van der Waals surface area contributed by atoms with Gasteiger partial charge in [0.1, 0.15) is 11.3 Å². The van der Waals surface area contributed by atoms with E-state index in [4.69, 9.17) is 14.8 Å². The van der Waals surface area contributed by atoms with Gasteiger partial charge in [0.2, 0.25) is 0 Å². The molecule has 3 aliphatic rings. The maximum atomic E-state index is 14.2. The quantitative estimate of drug-likeness (QED) is 0.193. The second kappa shape index (κ2) is 9.90. The summed E-state index contributed by atoms with van der Waals surface area (Å²) in [7, 11) is 1.44. The molecule has 11 heteroatoms. The normalized spacial score (nSPS) is 23.0. The van der Waals surface area contributed by atoms with Gasteiger partial charge in [-0.05, 0) is 68.7 Å². The third-order valence-corrected chi connectivity index (χ3v) is 9.42. The Hall–Kier alpha value is -2.67. The highest BCUT2D eigenvalue weighted by atomic mass is 127. The maximum absolute atomic E-state index is 14.2. The molecule has 192 valence electrons. The minimum Gasteiger partial charge on any atom is -0.466 e. The number of hydrogen-bond donors (Lipinski definition) is 1. The number of anilines is 1. The van der Waals surface area contributed by atoms with Crippen molar-refractivity contribution >= 4 is 64.7 Å². The van der Waals surface area contributed by atoms with E-state index in [9.17, 15) is 9.18 Å². The van der Waals surface area contributed by atoms with Gasteiger partial charge in [0.25, 0.3) is 0 Å². The smallest absolute Gasteiger partial charge is 0.311 e. The molecule has 0 aromatic carbocycles. The number of fused-ring (bicyclic) bond motifs is 5. The molecule has 8 nitrogen and oxygen atoms in total. The van der Waals surface area contributed by atoms with Crippen LogP contribution in [0.3, 0.4) is 0 Å². The summed E-state index contributed by atoms with van der Waals surface area (Å²) in [5.41, 5.74) is 2.91. The van der Waals surface area contributed by atoms with E-state index >= 15 is 0 Å². The highest BCUT2D eigenvalue weighted by Crippen LogP contribution is 2.47. The Bertz CT molecular complexity index is 1510. The lowest BCUT2D eigenvalue weighted by Gasteiger charge is -2.47. The molecule has 4 heterocycles. The van der Waals surface area contributed by atoms with Crippen LogP contribution in [0.2, 0.25) is 0 Å². The number of nitrogens with zero attached hydrogens (tertiary/aromatic N) is 5. The van der Waals surface area contributed by atoms with Crippen molar-refractivity contribution in [3.05, 3.63) is 48.7 Å². The molecule has 4 aromatic rings. The van der Waals surface area contributed by atoms with Crippen molar-refractivity contribution < 1.29 is 13.9 Å². The second-order valence-corrected chi connectivity index (χ2v) is 11.3. The molecule has 37 heavy (non-hydrogen) atoms. The molecule has 3 fully saturated rings. The first-order valence-corrected chi connectivity index (χ1v) is 15.8. The first-order valence-electron chi connectivity index (χ1n) is 12.4. The van der Waals surface area contributed by atoms with Gasteiger partial charge in [-0.25, -0.2) is 18.9 Å². The van der Waals surface area contributed by atoms with Crippen LogP contribution in [0.25, 0.3) is 34.0 Å². The molecule has 1 N–H and O–H groups in total. The van der Waals surface area contributed by atoms with E-state index in [1.165, 1.54) is 21.4 Å². The Labute approximate surface area is 229 Å². The van der Waals surface area contributed by atoms with E-state index in [2.05, 4.69) is 38.1 Å². The van der Waals surface area contributed by atoms with Gasteiger partial charge in [-0.2, -0.15) is 0 Å². The summed E-state index contributed by atoms with van der Waals surface area (Å²) in [5, 5.41) is 9.11. The van der Waals surface area contributed by atoms with Crippen molar-refractivity contribution in [2.24, 2.45) is 17.8 Å². The Morgan fingerprint density at radius 1 is 1.32 bits per heavy atom. The fourth-order valence-corrected chi connectivity index (χ4v) is 7.32. The van der Waals surface area contributed by atoms with E-state index in [-0.39, 0.29) is 17.9 Å². The van der Waals surface area contributed by atoms with Crippen LogP contribution >= 0.6 is 30.3 Å². The predicted octanol–water partition coefficient (Wildman–Crippen LogP) is 6.15. The second-order valence-electron chi connectivity index (χ2n) is 9.63. The first kappa shape index (κ1) is 24.7. The Morgan fingerprint density at radius 3 is 2.84 bits per heavy atom. The standard InChI is InChI=1S/C26H26FIN6O2S/c1-3-17-9-10-20-24(30-22-15-7-5-14(6-8-15)21(22)26(35)36-4-2)31-23(32-34(17)20)19-13-33(37-28)25-18(19)11-16(27)12-29-25/h3,9-15,21-22H,1,4-8H2,2H3,(H,30,31,32)/t14-,15+,21-,22-/m0/s1. The number of nitrogens with one attached hydrogen (secondary N) is 1. The predicted molar refractivity (Wildman–Crippen MR) is 152 cm³/mol. The molecular formula is C26H26FIN6O2S. The van der Waals surface area contributed by atoms with Crippen LogP contribution in [0.1, 0.15) is 38.3 Å². The number of pyridine rings is 1. The molecule has 3 saturated carbocycles. The van der Waals surface area contributed by atoms with E-state index < -0.39 is 5.82 Å². The number of ether oxygens (including phenoxy) is 1. The van der Waals surface area contributed by atoms with E-state index in [1.54, 1.807) is 10.6 Å². The third kappa shape index (κ3) is 4.19. The zero-order valence-electron chi connectivity index (χ0n) is 20.2.